The second-order valence-electron chi connectivity index (χ2n) is 4.12. The van der Waals surface area contributed by atoms with Crippen molar-refractivity contribution in [2.75, 3.05) is 13.1 Å². The van der Waals surface area contributed by atoms with E-state index in [0.29, 0.717) is 6.54 Å². The standard InChI is InChI=1S/C10H19N3O2/c1-5-12-8(6-11)7-13-9(14)15-10(2,3)4/h8,12H,5,7H2,1-4H3,(H,13,14). The van der Waals surface area contributed by atoms with Gasteiger partial charge in [0.2, 0.25) is 0 Å². The Kier molecular flexibility index (Phi) is 5.72. The van der Waals surface area contributed by atoms with Crippen LogP contribution in [0.25, 0.3) is 0 Å². The first-order valence-corrected chi connectivity index (χ1v) is 4.99. The van der Waals surface area contributed by atoms with Gasteiger partial charge in [0.25, 0.3) is 0 Å². The lowest BCUT2D eigenvalue weighted by atomic mass is 10.2. The van der Waals surface area contributed by atoms with Crippen molar-refractivity contribution in [1.29, 1.82) is 5.26 Å². The first kappa shape index (κ1) is 13.7. The van der Waals surface area contributed by atoms with E-state index >= 15 is 0 Å². The molecular formula is C10H19N3O2. The Labute approximate surface area is 90.8 Å². The smallest absolute Gasteiger partial charge is 0.407 e. The van der Waals surface area contributed by atoms with Gasteiger partial charge in [0.1, 0.15) is 11.6 Å². The van der Waals surface area contributed by atoms with E-state index in [-0.39, 0.29) is 12.6 Å². The predicted octanol–water partition coefficient (Wildman–Crippen LogP) is 1.01. The molecule has 0 spiro atoms. The summed E-state index contributed by atoms with van der Waals surface area (Å²) in [4.78, 5) is 11.2. The van der Waals surface area contributed by atoms with E-state index in [4.69, 9.17) is 10.00 Å². The molecule has 15 heavy (non-hydrogen) atoms. The summed E-state index contributed by atoms with van der Waals surface area (Å²) < 4.78 is 5.02. The zero-order valence-corrected chi connectivity index (χ0v) is 9.76. The van der Waals surface area contributed by atoms with Gasteiger partial charge in [-0.3, -0.25) is 0 Å². The summed E-state index contributed by atoms with van der Waals surface area (Å²) in [5.41, 5.74) is -0.510. The van der Waals surface area contributed by atoms with Gasteiger partial charge in [-0.25, -0.2) is 4.79 Å². The van der Waals surface area contributed by atoms with Crippen molar-refractivity contribution in [3.8, 4) is 6.07 Å². The minimum Gasteiger partial charge on any atom is -0.444 e. The van der Waals surface area contributed by atoms with E-state index in [1.54, 1.807) is 20.8 Å². The Morgan fingerprint density at radius 2 is 2.13 bits per heavy atom. The molecule has 0 heterocycles. The normalized spacial score (nSPS) is 12.7. The number of ether oxygens (including phenoxy) is 1. The number of carbonyl (C=O) groups excluding carboxylic acids is 1. The molecule has 0 rings (SSSR count). The number of rotatable bonds is 4. The maximum atomic E-state index is 11.2. The molecule has 0 aromatic heterocycles. The van der Waals surface area contributed by atoms with Crippen LogP contribution >= 0.6 is 0 Å². The van der Waals surface area contributed by atoms with Crippen molar-refractivity contribution in [3.05, 3.63) is 0 Å². The third kappa shape index (κ3) is 7.77. The van der Waals surface area contributed by atoms with E-state index < -0.39 is 11.7 Å². The number of nitriles is 1. The third-order valence-corrected chi connectivity index (χ3v) is 1.46. The number of carbonyl (C=O) groups is 1. The summed E-state index contributed by atoms with van der Waals surface area (Å²) in [5, 5.41) is 14.1. The van der Waals surface area contributed by atoms with Crippen LogP contribution in [-0.4, -0.2) is 30.8 Å². The zero-order chi connectivity index (χ0) is 11.9. The largest absolute Gasteiger partial charge is 0.444 e. The summed E-state index contributed by atoms with van der Waals surface area (Å²) in [5.74, 6) is 0. The molecule has 0 aliphatic heterocycles. The van der Waals surface area contributed by atoms with Gasteiger partial charge in [0.15, 0.2) is 0 Å². The summed E-state index contributed by atoms with van der Waals surface area (Å²) in [6.07, 6.45) is -0.499. The first-order valence-electron chi connectivity index (χ1n) is 4.99. The van der Waals surface area contributed by atoms with Crippen LogP contribution < -0.4 is 10.6 Å². The van der Waals surface area contributed by atoms with Crippen molar-refractivity contribution in [2.45, 2.75) is 39.3 Å². The molecule has 2 N–H and O–H groups in total. The molecule has 0 aliphatic rings. The number of likely N-dealkylation sites (N-methyl/N-ethyl adjacent to an activating group) is 1. The highest BCUT2D eigenvalue weighted by atomic mass is 16.6. The van der Waals surface area contributed by atoms with Crippen molar-refractivity contribution < 1.29 is 9.53 Å². The SMILES string of the molecule is CCNC(C#N)CNC(=O)OC(C)(C)C. The van der Waals surface area contributed by atoms with Gasteiger partial charge >= 0.3 is 6.09 Å². The van der Waals surface area contributed by atoms with E-state index in [2.05, 4.69) is 10.6 Å². The highest BCUT2D eigenvalue weighted by Crippen LogP contribution is 2.06. The minimum absolute atomic E-state index is 0.249. The maximum absolute atomic E-state index is 11.2. The zero-order valence-electron chi connectivity index (χ0n) is 9.76. The molecule has 5 heteroatoms. The summed E-state index contributed by atoms with van der Waals surface area (Å²) in [6.45, 7) is 8.21. The Balaban J connectivity index is 3.85. The third-order valence-electron chi connectivity index (χ3n) is 1.46. The van der Waals surface area contributed by atoms with Crippen LogP contribution in [0.2, 0.25) is 0 Å². The van der Waals surface area contributed by atoms with Gasteiger partial charge in [0, 0.05) is 6.54 Å². The second kappa shape index (κ2) is 6.25. The van der Waals surface area contributed by atoms with E-state index in [9.17, 15) is 4.79 Å². The molecule has 0 radical (unpaired) electrons. The van der Waals surface area contributed by atoms with Gasteiger partial charge < -0.3 is 15.4 Å². The van der Waals surface area contributed by atoms with Gasteiger partial charge in [-0.05, 0) is 27.3 Å². The molecule has 5 nitrogen and oxygen atoms in total. The monoisotopic (exact) mass is 213 g/mol. The van der Waals surface area contributed by atoms with E-state index in [0.717, 1.165) is 0 Å². The molecule has 0 saturated heterocycles. The van der Waals surface area contributed by atoms with Crippen LogP contribution in [0.5, 0.6) is 0 Å². The Hall–Kier alpha value is -1.28. The first-order chi connectivity index (χ1) is 6.89. The van der Waals surface area contributed by atoms with Crippen molar-refractivity contribution in [3.63, 3.8) is 0 Å². The van der Waals surface area contributed by atoms with Crippen LogP contribution in [0.1, 0.15) is 27.7 Å². The summed E-state index contributed by atoms with van der Waals surface area (Å²) in [7, 11) is 0. The van der Waals surface area contributed by atoms with Gasteiger partial charge in [-0.1, -0.05) is 6.92 Å². The number of alkyl carbamates (subject to hydrolysis) is 1. The van der Waals surface area contributed by atoms with E-state index in [1.165, 1.54) is 0 Å². The fraction of sp³-hybridized carbons (Fsp3) is 0.800. The van der Waals surface area contributed by atoms with Crippen LogP contribution in [0, 0.1) is 11.3 Å². The highest BCUT2D eigenvalue weighted by molar-refractivity contribution is 5.67. The minimum atomic E-state index is -0.510. The fourth-order valence-corrected chi connectivity index (χ4v) is 0.909. The molecule has 0 saturated carbocycles. The summed E-state index contributed by atoms with van der Waals surface area (Å²) >= 11 is 0. The van der Waals surface area contributed by atoms with Crippen LogP contribution in [-0.2, 0) is 4.74 Å². The lowest BCUT2D eigenvalue weighted by molar-refractivity contribution is 0.0525. The quantitative estimate of drug-likeness (QED) is 0.731. The molecule has 1 amide bonds. The highest BCUT2D eigenvalue weighted by Gasteiger charge is 2.16. The van der Waals surface area contributed by atoms with Crippen LogP contribution in [0.3, 0.4) is 0 Å². The predicted molar refractivity (Wildman–Crippen MR) is 57.3 cm³/mol. The number of amides is 1. The second-order valence-corrected chi connectivity index (χ2v) is 4.12. The Bertz CT molecular complexity index is 240. The van der Waals surface area contributed by atoms with Crippen LogP contribution in [0.4, 0.5) is 4.79 Å². The molecule has 0 fully saturated rings. The lowest BCUT2D eigenvalue weighted by Gasteiger charge is -2.20. The number of nitrogens with zero attached hydrogens (tertiary/aromatic N) is 1. The van der Waals surface area contributed by atoms with Gasteiger partial charge in [0.05, 0.1) is 6.07 Å². The molecule has 1 unspecified atom stereocenters. The Morgan fingerprint density at radius 1 is 1.53 bits per heavy atom. The van der Waals surface area contributed by atoms with Crippen molar-refractivity contribution >= 4 is 6.09 Å². The number of nitrogens with one attached hydrogen (secondary N) is 2. The number of hydrogen-bond acceptors (Lipinski definition) is 4. The molecular weight excluding hydrogens is 194 g/mol. The molecule has 0 aromatic carbocycles. The van der Waals surface area contributed by atoms with Gasteiger partial charge in [-0.2, -0.15) is 5.26 Å². The fourth-order valence-electron chi connectivity index (χ4n) is 0.909. The van der Waals surface area contributed by atoms with Crippen LogP contribution in [0.15, 0.2) is 0 Å². The maximum Gasteiger partial charge on any atom is 0.407 e. The molecule has 0 bridgehead atoms. The molecule has 86 valence electrons. The molecule has 0 aromatic rings. The van der Waals surface area contributed by atoms with E-state index in [1.807, 2.05) is 13.0 Å². The summed E-state index contributed by atoms with van der Waals surface area (Å²) in [6, 6.07) is 1.67. The van der Waals surface area contributed by atoms with Gasteiger partial charge in [-0.15, -0.1) is 0 Å². The molecule has 1 atom stereocenters. The average Bonchev–Trinajstić information content (AvgIpc) is 2.09. The average molecular weight is 213 g/mol. The number of hydrogen-bond donors (Lipinski definition) is 2. The van der Waals surface area contributed by atoms with Crippen molar-refractivity contribution in [2.24, 2.45) is 0 Å². The van der Waals surface area contributed by atoms with Crippen molar-refractivity contribution in [1.82, 2.24) is 10.6 Å². The topological polar surface area (TPSA) is 74.2 Å². The Morgan fingerprint density at radius 3 is 2.53 bits per heavy atom. The lowest BCUT2D eigenvalue weighted by Crippen LogP contribution is -2.41. The molecule has 0 aliphatic carbocycles.